The highest BCUT2D eigenvalue weighted by Gasteiger charge is 2.28. The molecule has 1 fully saturated rings. The van der Waals surface area contributed by atoms with Crippen molar-refractivity contribution in [2.45, 2.75) is 26.4 Å². The van der Waals surface area contributed by atoms with Gasteiger partial charge in [0.1, 0.15) is 5.60 Å². The average Bonchev–Trinajstić information content (AvgIpc) is 3.07. The minimum absolute atomic E-state index is 0.0357. The molecule has 0 aromatic carbocycles. The van der Waals surface area contributed by atoms with Gasteiger partial charge in [-0.2, -0.15) is 0 Å². The van der Waals surface area contributed by atoms with Gasteiger partial charge in [0.2, 0.25) is 5.91 Å². The van der Waals surface area contributed by atoms with Crippen molar-refractivity contribution < 1.29 is 23.5 Å². The minimum Gasteiger partial charge on any atom is -0.459 e. The number of piperazine rings is 1. The monoisotopic (exact) mass is 351 g/mol. The van der Waals surface area contributed by atoms with Gasteiger partial charge in [0.15, 0.2) is 5.76 Å². The molecule has 0 atom stereocenters. The number of furan rings is 1. The number of nitrogens with zero attached hydrogens (tertiary/aromatic N) is 3. The molecule has 25 heavy (non-hydrogen) atoms. The minimum atomic E-state index is -0.543. The number of amides is 3. The fourth-order valence-corrected chi connectivity index (χ4v) is 2.43. The van der Waals surface area contributed by atoms with E-state index in [9.17, 15) is 14.4 Å². The predicted octanol–water partition coefficient (Wildman–Crippen LogP) is 1.43. The molecule has 0 N–H and O–H groups in total. The van der Waals surface area contributed by atoms with E-state index >= 15 is 0 Å². The summed E-state index contributed by atoms with van der Waals surface area (Å²) in [5, 5.41) is 0. The Balaban J connectivity index is 1.81. The standard InChI is InChI=1S/C17H25N3O5/c1-17(2,3)25-16(23)20-9-7-19(8-10-20)14(21)12-18(4)15(22)13-6-5-11-24-13/h5-6,11H,7-10,12H2,1-4H3. The Bertz CT molecular complexity index is 613. The van der Waals surface area contributed by atoms with Gasteiger partial charge in [-0.05, 0) is 32.9 Å². The van der Waals surface area contributed by atoms with Crippen LogP contribution in [-0.4, -0.2) is 78.0 Å². The van der Waals surface area contributed by atoms with E-state index in [0.717, 1.165) is 0 Å². The van der Waals surface area contributed by atoms with Crippen LogP contribution in [0, 0.1) is 0 Å². The van der Waals surface area contributed by atoms with E-state index in [2.05, 4.69) is 0 Å². The van der Waals surface area contributed by atoms with Crippen LogP contribution in [0.15, 0.2) is 22.8 Å². The van der Waals surface area contributed by atoms with Gasteiger partial charge in [-0.15, -0.1) is 0 Å². The van der Waals surface area contributed by atoms with E-state index < -0.39 is 5.60 Å². The Labute approximate surface area is 147 Å². The van der Waals surface area contributed by atoms with E-state index in [-0.39, 0.29) is 30.2 Å². The van der Waals surface area contributed by atoms with Crippen LogP contribution in [-0.2, 0) is 9.53 Å². The molecule has 0 unspecified atom stereocenters. The molecule has 1 aromatic rings. The topological polar surface area (TPSA) is 83.3 Å². The molecule has 1 saturated heterocycles. The third kappa shape index (κ3) is 5.23. The molecule has 2 rings (SSSR count). The normalized spacial score (nSPS) is 15.0. The summed E-state index contributed by atoms with van der Waals surface area (Å²) in [5.74, 6) is -0.304. The molecule has 0 bridgehead atoms. The summed E-state index contributed by atoms with van der Waals surface area (Å²) in [6.45, 7) is 7.07. The summed E-state index contributed by atoms with van der Waals surface area (Å²) in [5.41, 5.74) is -0.543. The van der Waals surface area contributed by atoms with Gasteiger partial charge >= 0.3 is 6.09 Å². The maximum absolute atomic E-state index is 12.4. The lowest BCUT2D eigenvalue weighted by Crippen LogP contribution is -2.53. The van der Waals surface area contributed by atoms with Gasteiger partial charge in [-0.25, -0.2) is 4.79 Å². The molecule has 2 heterocycles. The zero-order valence-electron chi connectivity index (χ0n) is 15.2. The first-order chi connectivity index (χ1) is 11.7. The molecule has 8 heteroatoms. The van der Waals surface area contributed by atoms with Crippen LogP contribution in [0.4, 0.5) is 4.79 Å². The molecule has 0 spiro atoms. The van der Waals surface area contributed by atoms with E-state index in [1.807, 2.05) is 20.8 Å². The van der Waals surface area contributed by atoms with Crippen molar-refractivity contribution in [2.24, 2.45) is 0 Å². The third-order valence-electron chi connectivity index (χ3n) is 3.74. The fourth-order valence-electron chi connectivity index (χ4n) is 2.43. The number of carbonyl (C=O) groups excluding carboxylic acids is 3. The first kappa shape index (κ1) is 18.8. The Hall–Kier alpha value is -2.51. The highest BCUT2D eigenvalue weighted by Crippen LogP contribution is 2.12. The van der Waals surface area contributed by atoms with Crippen molar-refractivity contribution in [1.82, 2.24) is 14.7 Å². The molecule has 138 valence electrons. The maximum Gasteiger partial charge on any atom is 0.410 e. The van der Waals surface area contributed by atoms with Crippen molar-refractivity contribution >= 4 is 17.9 Å². The zero-order chi connectivity index (χ0) is 18.6. The lowest BCUT2D eigenvalue weighted by molar-refractivity contribution is -0.133. The first-order valence-corrected chi connectivity index (χ1v) is 8.22. The maximum atomic E-state index is 12.4. The van der Waals surface area contributed by atoms with E-state index in [4.69, 9.17) is 9.15 Å². The molecule has 0 aliphatic carbocycles. The molecule has 0 saturated carbocycles. The summed E-state index contributed by atoms with van der Waals surface area (Å²) in [6.07, 6.45) is 1.04. The van der Waals surface area contributed by atoms with Crippen LogP contribution in [0.3, 0.4) is 0 Å². The van der Waals surface area contributed by atoms with Gasteiger partial charge in [0, 0.05) is 33.2 Å². The summed E-state index contributed by atoms with van der Waals surface area (Å²) < 4.78 is 10.4. The van der Waals surface area contributed by atoms with Crippen molar-refractivity contribution in [3.05, 3.63) is 24.2 Å². The fraction of sp³-hybridized carbons (Fsp3) is 0.588. The lowest BCUT2D eigenvalue weighted by atomic mass is 10.2. The highest BCUT2D eigenvalue weighted by molar-refractivity contribution is 5.94. The van der Waals surface area contributed by atoms with E-state index in [0.29, 0.717) is 26.2 Å². The molecule has 0 radical (unpaired) electrons. The van der Waals surface area contributed by atoms with E-state index in [1.165, 1.54) is 11.2 Å². The van der Waals surface area contributed by atoms with Crippen LogP contribution in [0.2, 0.25) is 0 Å². The van der Waals surface area contributed by atoms with Crippen molar-refractivity contribution in [3.8, 4) is 0 Å². The highest BCUT2D eigenvalue weighted by atomic mass is 16.6. The second-order valence-electron chi connectivity index (χ2n) is 6.99. The van der Waals surface area contributed by atoms with E-state index in [1.54, 1.807) is 29.0 Å². The van der Waals surface area contributed by atoms with Crippen molar-refractivity contribution in [1.29, 1.82) is 0 Å². The second kappa shape index (κ2) is 7.58. The Morgan fingerprint density at radius 3 is 2.28 bits per heavy atom. The second-order valence-corrected chi connectivity index (χ2v) is 6.99. The van der Waals surface area contributed by atoms with Gasteiger partial charge in [-0.3, -0.25) is 9.59 Å². The number of hydrogen-bond acceptors (Lipinski definition) is 5. The SMILES string of the molecule is CN(CC(=O)N1CCN(C(=O)OC(C)(C)C)CC1)C(=O)c1ccco1. The van der Waals surface area contributed by atoms with Gasteiger partial charge in [-0.1, -0.05) is 0 Å². The van der Waals surface area contributed by atoms with Crippen molar-refractivity contribution in [3.63, 3.8) is 0 Å². The summed E-state index contributed by atoms with van der Waals surface area (Å²) >= 11 is 0. The predicted molar refractivity (Wildman–Crippen MR) is 90.1 cm³/mol. The Morgan fingerprint density at radius 1 is 1.16 bits per heavy atom. The number of hydrogen-bond donors (Lipinski definition) is 0. The van der Waals surface area contributed by atoms with Crippen molar-refractivity contribution in [2.75, 3.05) is 39.8 Å². The molecule has 1 aromatic heterocycles. The molecular formula is C17H25N3O5. The lowest BCUT2D eigenvalue weighted by Gasteiger charge is -2.36. The number of rotatable bonds is 3. The number of ether oxygens (including phenoxy) is 1. The quantitative estimate of drug-likeness (QED) is 0.823. The molecule has 1 aliphatic heterocycles. The third-order valence-corrected chi connectivity index (χ3v) is 3.74. The van der Waals surface area contributed by atoms with Crippen LogP contribution in [0.5, 0.6) is 0 Å². The number of likely N-dealkylation sites (N-methyl/N-ethyl adjacent to an activating group) is 1. The Kier molecular flexibility index (Phi) is 5.71. The van der Waals surface area contributed by atoms with Crippen LogP contribution >= 0.6 is 0 Å². The zero-order valence-corrected chi connectivity index (χ0v) is 15.2. The van der Waals surface area contributed by atoms with Gasteiger partial charge < -0.3 is 23.9 Å². The molecule has 8 nitrogen and oxygen atoms in total. The smallest absolute Gasteiger partial charge is 0.410 e. The first-order valence-electron chi connectivity index (χ1n) is 8.22. The largest absolute Gasteiger partial charge is 0.459 e. The molecular weight excluding hydrogens is 326 g/mol. The number of carbonyl (C=O) groups is 3. The molecule has 1 aliphatic rings. The van der Waals surface area contributed by atoms with Crippen LogP contribution in [0.25, 0.3) is 0 Å². The van der Waals surface area contributed by atoms with Crippen LogP contribution < -0.4 is 0 Å². The molecule has 3 amide bonds. The summed E-state index contributed by atoms with van der Waals surface area (Å²) in [6, 6.07) is 3.18. The average molecular weight is 351 g/mol. The van der Waals surface area contributed by atoms with Crippen LogP contribution in [0.1, 0.15) is 31.3 Å². The Morgan fingerprint density at radius 2 is 1.76 bits per heavy atom. The van der Waals surface area contributed by atoms with Gasteiger partial charge in [0.25, 0.3) is 5.91 Å². The summed E-state index contributed by atoms with van der Waals surface area (Å²) in [7, 11) is 1.56. The van der Waals surface area contributed by atoms with Gasteiger partial charge in [0.05, 0.1) is 12.8 Å². The summed E-state index contributed by atoms with van der Waals surface area (Å²) in [4.78, 5) is 41.0.